The maximum absolute atomic E-state index is 13.6. The Hall–Kier alpha value is -2.97. The van der Waals surface area contributed by atoms with Gasteiger partial charge in [-0.05, 0) is 50.6 Å². The molecule has 0 bridgehead atoms. The Morgan fingerprint density at radius 2 is 1.94 bits per heavy atom. The third-order valence-electron chi connectivity index (χ3n) is 5.39. The van der Waals surface area contributed by atoms with Gasteiger partial charge in [0.05, 0.1) is 35.6 Å². The topological polar surface area (TPSA) is 69.9 Å². The molecule has 6 nitrogen and oxygen atoms in total. The molecule has 33 heavy (non-hydrogen) atoms. The van der Waals surface area contributed by atoms with Gasteiger partial charge >= 0.3 is 5.97 Å². The van der Waals surface area contributed by atoms with E-state index in [1.807, 2.05) is 49.4 Å². The number of carbonyl (C=O) groups is 1. The van der Waals surface area contributed by atoms with Crippen LogP contribution in [0.3, 0.4) is 0 Å². The van der Waals surface area contributed by atoms with Crippen LogP contribution in [0.25, 0.3) is 6.08 Å². The molecule has 2 aromatic carbocycles. The number of rotatable bonds is 5. The monoisotopic (exact) mass is 526 g/mol. The van der Waals surface area contributed by atoms with Crippen LogP contribution in [0.15, 0.2) is 68.0 Å². The zero-order valence-corrected chi connectivity index (χ0v) is 21.1. The molecule has 1 atom stereocenters. The summed E-state index contributed by atoms with van der Waals surface area (Å²) >= 11 is 4.76. The molecule has 3 aromatic rings. The van der Waals surface area contributed by atoms with Crippen molar-refractivity contribution in [3.8, 4) is 5.75 Å². The lowest BCUT2D eigenvalue weighted by Gasteiger charge is -2.24. The zero-order valence-electron chi connectivity index (χ0n) is 18.7. The second-order valence-corrected chi connectivity index (χ2v) is 9.52. The van der Waals surface area contributed by atoms with E-state index in [2.05, 4.69) is 20.9 Å². The van der Waals surface area contributed by atoms with Crippen molar-refractivity contribution in [1.29, 1.82) is 0 Å². The first-order chi connectivity index (χ1) is 15.8. The minimum atomic E-state index is -0.618. The van der Waals surface area contributed by atoms with Gasteiger partial charge in [0.2, 0.25) is 0 Å². The number of esters is 1. The lowest BCUT2D eigenvalue weighted by atomic mass is 9.95. The summed E-state index contributed by atoms with van der Waals surface area (Å²) in [5.74, 6) is 0.190. The standard InChI is InChI=1S/C25H23BrN2O4S/c1-5-32-24(30)21-15(3)27-25-28(22(21)16-8-6-14(2)7-9-16)23(29)20(33-25)13-17-12-18(26)10-11-19(17)31-4/h6-13,22H,5H2,1-4H3/b20-13-/t22-/m0/s1. The number of methoxy groups -OCH3 is 1. The lowest BCUT2D eigenvalue weighted by Crippen LogP contribution is -2.39. The Morgan fingerprint density at radius 3 is 2.61 bits per heavy atom. The average molecular weight is 527 g/mol. The molecule has 4 rings (SSSR count). The third kappa shape index (κ3) is 4.45. The Kier molecular flexibility index (Phi) is 6.67. The minimum absolute atomic E-state index is 0.222. The summed E-state index contributed by atoms with van der Waals surface area (Å²) in [5.41, 5.74) is 3.38. The fourth-order valence-electron chi connectivity index (χ4n) is 3.81. The van der Waals surface area contributed by atoms with E-state index in [0.717, 1.165) is 21.2 Å². The SMILES string of the molecule is CCOC(=O)C1=C(C)N=c2s/c(=C\c3cc(Br)ccc3OC)c(=O)n2[C@H]1c1ccc(C)cc1. The molecule has 0 amide bonds. The molecule has 8 heteroatoms. The number of nitrogens with zero attached hydrogens (tertiary/aromatic N) is 2. The maximum atomic E-state index is 13.6. The van der Waals surface area contributed by atoms with Gasteiger partial charge in [0.15, 0.2) is 4.80 Å². The van der Waals surface area contributed by atoms with Crippen LogP contribution in [0.4, 0.5) is 0 Å². The van der Waals surface area contributed by atoms with E-state index < -0.39 is 12.0 Å². The van der Waals surface area contributed by atoms with Crippen molar-refractivity contribution in [2.24, 2.45) is 4.99 Å². The van der Waals surface area contributed by atoms with E-state index in [4.69, 9.17) is 9.47 Å². The Bertz CT molecular complexity index is 1430. The molecule has 0 fully saturated rings. The summed E-state index contributed by atoms with van der Waals surface area (Å²) in [6, 6.07) is 12.8. The van der Waals surface area contributed by atoms with E-state index in [1.165, 1.54) is 11.3 Å². The highest BCUT2D eigenvalue weighted by atomic mass is 79.9. The lowest BCUT2D eigenvalue weighted by molar-refractivity contribution is -0.139. The van der Waals surface area contributed by atoms with Crippen LogP contribution in [0.5, 0.6) is 5.75 Å². The second kappa shape index (κ2) is 9.49. The number of fused-ring (bicyclic) bond motifs is 1. The molecule has 0 N–H and O–H groups in total. The highest BCUT2D eigenvalue weighted by Crippen LogP contribution is 2.31. The van der Waals surface area contributed by atoms with Crippen molar-refractivity contribution in [3.63, 3.8) is 0 Å². The second-order valence-electron chi connectivity index (χ2n) is 7.60. The number of hydrogen-bond acceptors (Lipinski definition) is 6. The van der Waals surface area contributed by atoms with Gasteiger partial charge in [0, 0.05) is 10.0 Å². The predicted molar refractivity (Wildman–Crippen MR) is 132 cm³/mol. The quantitative estimate of drug-likeness (QED) is 0.473. The molecule has 0 aliphatic carbocycles. The van der Waals surface area contributed by atoms with E-state index in [9.17, 15) is 9.59 Å². The average Bonchev–Trinajstić information content (AvgIpc) is 3.08. The van der Waals surface area contributed by atoms with Crippen LogP contribution in [-0.2, 0) is 9.53 Å². The fourth-order valence-corrected chi connectivity index (χ4v) is 5.23. The van der Waals surface area contributed by atoms with Crippen LogP contribution in [0.2, 0.25) is 0 Å². The molecule has 0 saturated heterocycles. The first-order valence-electron chi connectivity index (χ1n) is 10.4. The largest absolute Gasteiger partial charge is 0.496 e. The van der Waals surface area contributed by atoms with Crippen molar-refractivity contribution < 1.29 is 14.3 Å². The van der Waals surface area contributed by atoms with E-state index in [0.29, 0.717) is 26.4 Å². The Morgan fingerprint density at radius 1 is 1.21 bits per heavy atom. The normalized spacial score (nSPS) is 15.8. The number of benzene rings is 2. The summed E-state index contributed by atoms with van der Waals surface area (Å²) < 4.78 is 13.8. The molecule has 0 spiro atoms. The van der Waals surface area contributed by atoms with Crippen molar-refractivity contribution in [2.75, 3.05) is 13.7 Å². The van der Waals surface area contributed by atoms with Crippen LogP contribution < -0.4 is 19.6 Å². The number of carbonyl (C=O) groups excluding carboxylic acids is 1. The summed E-state index contributed by atoms with van der Waals surface area (Å²) in [5, 5.41) is 0. The molecule has 1 aromatic heterocycles. The number of aromatic nitrogens is 1. The fraction of sp³-hybridized carbons (Fsp3) is 0.240. The summed E-state index contributed by atoms with van der Waals surface area (Å²) in [6.07, 6.45) is 1.79. The molecule has 2 heterocycles. The molecule has 0 saturated carbocycles. The maximum Gasteiger partial charge on any atom is 0.338 e. The van der Waals surface area contributed by atoms with E-state index in [-0.39, 0.29) is 12.2 Å². The van der Waals surface area contributed by atoms with Crippen LogP contribution in [0.1, 0.15) is 36.6 Å². The number of ether oxygens (including phenoxy) is 2. The highest BCUT2D eigenvalue weighted by molar-refractivity contribution is 9.10. The van der Waals surface area contributed by atoms with Gasteiger partial charge in [0.25, 0.3) is 5.56 Å². The summed E-state index contributed by atoms with van der Waals surface area (Å²) in [7, 11) is 1.59. The summed E-state index contributed by atoms with van der Waals surface area (Å²) in [4.78, 5) is 31.7. The Labute approximate surface area is 203 Å². The number of aryl methyl sites for hydroxylation is 1. The molecular formula is C25H23BrN2O4S. The van der Waals surface area contributed by atoms with Gasteiger partial charge in [-0.1, -0.05) is 57.1 Å². The van der Waals surface area contributed by atoms with Gasteiger partial charge in [-0.15, -0.1) is 0 Å². The van der Waals surface area contributed by atoms with Crippen molar-refractivity contribution >= 4 is 39.3 Å². The molecule has 1 aliphatic heterocycles. The number of hydrogen-bond donors (Lipinski definition) is 0. The number of thiazole rings is 1. The minimum Gasteiger partial charge on any atom is -0.496 e. The smallest absolute Gasteiger partial charge is 0.338 e. The highest BCUT2D eigenvalue weighted by Gasteiger charge is 2.33. The molecule has 0 unspecified atom stereocenters. The van der Waals surface area contributed by atoms with Crippen molar-refractivity contribution in [3.05, 3.63) is 94.6 Å². The molecule has 0 radical (unpaired) electrons. The Balaban J connectivity index is 1.97. The van der Waals surface area contributed by atoms with Crippen LogP contribution >= 0.6 is 27.3 Å². The molecular weight excluding hydrogens is 504 g/mol. The number of halogens is 1. The van der Waals surface area contributed by atoms with E-state index >= 15 is 0 Å². The van der Waals surface area contributed by atoms with Crippen molar-refractivity contribution in [1.82, 2.24) is 4.57 Å². The van der Waals surface area contributed by atoms with Crippen LogP contribution in [-0.4, -0.2) is 24.3 Å². The van der Waals surface area contributed by atoms with Crippen molar-refractivity contribution in [2.45, 2.75) is 26.8 Å². The number of allylic oxidation sites excluding steroid dienone is 1. The predicted octanol–water partition coefficient (Wildman–Crippen LogP) is 3.88. The van der Waals surface area contributed by atoms with Gasteiger partial charge in [0.1, 0.15) is 5.75 Å². The van der Waals surface area contributed by atoms with Gasteiger partial charge in [-0.25, -0.2) is 9.79 Å². The van der Waals surface area contributed by atoms with Gasteiger partial charge in [-0.3, -0.25) is 9.36 Å². The van der Waals surface area contributed by atoms with Gasteiger partial charge in [-0.2, -0.15) is 0 Å². The zero-order chi connectivity index (χ0) is 23.7. The third-order valence-corrected chi connectivity index (χ3v) is 6.86. The molecule has 1 aliphatic rings. The van der Waals surface area contributed by atoms with Gasteiger partial charge < -0.3 is 9.47 Å². The van der Waals surface area contributed by atoms with E-state index in [1.54, 1.807) is 31.6 Å². The first kappa shape index (κ1) is 23.2. The van der Waals surface area contributed by atoms with Crippen LogP contribution in [0, 0.1) is 6.92 Å². The first-order valence-corrected chi connectivity index (χ1v) is 12.0. The summed E-state index contributed by atoms with van der Waals surface area (Å²) in [6.45, 7) is 5.77. The molecule has 170 valence electrons.